The van der Waals surface area contributed by atoms with Crippen LogP contribution in [0, 0.1) is 17.2 Å². The number of fused-ring (bicyclic) bond motifs is 2. The molecule has 2 fully saturated rings. The number of anilines is 1. The molecule has 1 aliphatic carbocycles. The van der Waals surface area contributed by atoms with E-state index in [-0.39, 0.29) is 45.2 Å². The highest BCUT2D eigenvalue weighted by Gasteiger charge is 2.36. The highest BCUT2D eigenvalue weighted by molar-refractivity contribution is 7.21. The quantitative estimate of drug-likeness (QED) is 0.228. The van der Waals surface area contributed by atoms with Gasteiger partial charge in [-0.05, 0) is 58.9 Å². The zero-order valence-corrected chi connectivity index (χ0v) is 24.6. The monoisotopic (exact) mass is 573 g/mol. The number of hydrogen-bond acceptors (Lipinski definition) is 9. The fraction of sp³-hybridized carbons (Fsp3) is 0.552. The van der Waals surface area contributed by atoms with Crippen LogP contribution in [-0.4, -0.2) is 49.4 Å². The highest BCUT2D eigenvalue weighted by atomic mass is 32.1. The summed E-state index contributed by atoms with van der Waals surface area (Å²) in [6.07, 6.45) is 2.57. The molecule has 40 heavy (non-hydrogen) atoms. The van der Waals surface area contributed by atoms with Crippen molar-refractivity contribution in [2.75, 3.05) is 31.9 Å². The molecule has 2 aromatic heterocycles. The SMILES string of the molecule is COc1c(N2CC[C@@H]([C@H](C)N)C2)c(F)cc2c(=O)c3c(OCOC(=O)C(C)(C)C)c(C(C)=O)sc3n(C3CC3)c12. The summed E-state index contributed by atoms with van der Waals surface area (Å²) in [5.74, 6) is -0.761. The van der Waals surface area contributed by atoms with Crippen molar-refractivity contribution < 1.29 is 28.2 Å². The van der Waals surface area contributed by atoms with Crippen molar-refractivity contribution in [1.29, 1.82) is 0 Å². The number of hydrogen-bond donors (Lipinski definition) is 1. The van der Waals surface area contributed by atoms with Crippen molar-refractivity contribution in [2.24, 2.45) is 17.1 Å². The Labute approximate surface area is 236 Å². The summed E-state index contributed by atoms with van der Waals surface area (Å²) in [5, 5.41) is 0.318. The molecule has 2 aliphatic rings. The number of Topliss-reactive ketones (excluding diaryl/α,β-unsaturated/α-hetero) is 1. The largest absolute Gasteiger partial charge is 0.492 e. The van der Waals surface area contributed by atoms with Crippen LogP contribution >= 0.6 is 11.3 Å². The summed E-state index contributed by atoms with van der Waals surface area (Å²) in [6.45, 7) is 9.24. The van der Waals surface area contributed by atoms with E-state index in [1.54, 1.807) is 20.8 Å². The lowest BCUT2D eigenvalue weighted by Gasteiger charge is -2.25. The maximum absolute atomic E-state index is 15.9. The van der Waals surface area contributed by atoms with Gasteiger partial charge >= 0.3 is 5.97 Å². The van der Waals surface area contributed by atoms with Crippen LogP contribution in [0.5, 0.6) is 11.5 Å². The van der Waals surface area contributed by atoms with Gasteiger partial charge in [-0.3, -0.25) is 14.4 Å². The van der Waals surface area contributed by atoms with Gasteiger partial charge in [0, 0.05) is 32.1 Å². The molecule has 216 valence electrons. The van der Waals surface area contributed by atoms with E-state index in [0.717, 1.165) is 30.6 Å². The number of carbonyl (C=O) groups excluding carboxylic acids is 2. The number of nitrogens with zero attached hydrogens (tertiary/aromatic N) is 2. The number of nitrogens with two attached hydrogens (primary N) is 1. The van der Waals surface area contributed by atoms with Crippen molar-refractivity contribution in [1.82, 2.24) is 4.57 Å². The molecule has 5 rings (SSSR count). The predicted octanol–water partition coefficient (Wildman–Crippen LogP) is 5.00. The van der Waals surface area contributed by atoms with Gasteiger partial charge in [-0.25, -0.2) is 4.39 Å². The van der Waals surface area contributed by atoms with Crippen molar-refractivity contribution in [3.05, 3.63) is 27.0 Å². The number of thiophene rings is 1. The number of carbonyl (C=O) groups is 2. The fourth-order valence-electron chi connectivity index (χ4n) is 5.35. The second kappa shape index (κ2) is 10.3. The highest BCUT2D eigenvalue weighted by Crippen LogP contribution is 2.49. The Kier molecular flexibility index (Phi) is 7.33. The molecule has 1 aliphatic heterocycles. The first kappa shape index (κ1) is 28.4. The number of esters is 1. The molecule has 3 heterocycles. The maximum Gasteiger partial charge on any atom is 0.314 e. The molecule has 0 bridgehead atoms. The standard InChI is InChI=1S/C29H36FN3O6S/c1-14(31)16-9-10-32(12-16)22-19(30)11-18-21(25(22)37-6)33(17-7-8-17)27-20(23(18)35)24(26(40-27)15(2)34)38-13-39-28(36)29(3,4)5/h11,14,16-17H,7-10,12-13,31H2,1-6H3/t14-,16+/m0/s1. The Morgan fingerprint density at radius 3 is 2.48 bits per heavy atom. The maximum atomic E-state index is 15.9. The van der Waals surface area contributed by atoms with E-state index in [9.17, 15) is 14.4 Å². The van der Waals surface area contributed by atoms with Crippen molar-refractivity contribution in [2.45, 2.75) is 66.0 Å². The normalized spacial score (nSPS) is 18.4. The van der Waals surface area contributed by atoms with Gasteiger partial charge in [0.25, 0.3) is 0 Å². The van der Waals surface area contributed by atoms with Crippen molar-refractivity contribution >= 4 is 49.9 Å². The molecule has 0 unspecified atom stereocenters. The van der Waals surface area contributed by atoms with E-state index in [0.29, 0.717) is 34.9 Å². The summed E-state index contributed by atoms with van der Waals surface area (Å²) in [7, 11) is 1.48. The number of aromatic nitrogens is 1. The van der Waals surface area contributed by atoms with Crippen molar-refractivity contribution in [3.63, 3.8) is 0 Å². The molecule has 0 radical (unpaired) electrons. The van der Waals surface area contributed by atoms with Gasteiger partial charge in [0.05, 0.1) is 23.4 Å². The molecule has 1 saturated carbocycles. The van der Waals surface area contributed by atoms with Gasteiger partial charge in [-0.2, -0.15) is 0 Å². The lowest BCUT2D eigenvalue weighted by molar-refractivity contribution is -0.159. The molecule has 9 nitrogen and oxygen atoms in total. The Balaban J connectivity index is 1.72. The lowest BCUT2D eigenvalue weighted by atomic mass is 9.98. The molecule has 1 saturated heterocycles. The zero-order valence-electron chi connectivity index (χ0n) is 23.8. The van der Waals surface area contributed by atoms with Gasteiger partial charge in [0.15, 0.2) is 23.1 Å². The molecule has 2 atom stereocenters. The third kappa shape index (κ3) is 4.83. The molecule has 2 N–H and O–H groups in total. The van der Waals surface area contributed by atoms with Gasteiger partial charge in [-0.15, -0.1) is 11.3 Å². The number of rotatable bonds is 8. The van der Waals surface area contributed by atoms with Gasteiger partial charge in [0.1, 0.15) is 20.8 Å². The predicted molar refractivity (Wildman–Crippen MR) is 153 cm³/mol. The molecule has 3 aromatic rings. The first-order valence-electron chi connectivity index (χ1n) is 13.6. The second-order valence-electron chi connectivity index (χ2n) is 11.9. The van der Waals surface area contributed by atoms with Gasteiger partial charge in [-0.1, -0.05) is 0 Å². The first-order chi connectivity index (χ1) is 18.8. The number of methoxy groups -OCH3 is 1. The van der Waals surface area contributed by atoms with E-state index in [4.69, 9.17) is 19.9 Å². The van der Waals surface area contributed by atoms with Crippen LogP contribution in [0.25, 0.3) is 21.1 Å². The van der Waals surface area contributed by atoms with Gasteiger partial charge < -0.3 is 29.4 Å². The third-order valence-corrected chi connectivity index (χ3v) is 8.96. The Hall–Kier alpha value is -3.18. The summed E-state index contributed by atoms with van der Waals surface area (Å²) >= 11 is 1.15. The molecule has 11 heteroatoms. The third-order valence-electron chi connectivity index (χ3n) is 7.69. The average molecular weight is 574 g/mol. The molecular weight excluding hydrogens is 537 g/mol. The number of ether oxygens (including phenoxy) is 3. The molecule has 1 aromatic carbocycles. The topological polar surface area (TPSA) is 113 Å². The number of halogens is 1. The van der Waals surface area contributed by atoms with Crippen LogP contribution in [0.3, 0.4) is 0 Å². The van der Waals surface area contributed by atoms with Crippen LogP contribution in [0.4, 0.5) is 10.1 Å². The number of ketones is 1. The summed E-state index contributed by atoms with van der Waals surface area (Å²) < 4.78 is 34.8. The Morgan fingerprint density at radius 2 is 1.93 bits per heavy atom. The Morgan fingerprint density at radius 1 is 1.23 bits per heavy atom. The van der Waals surface area contributed by atoms with E-state index in [1.165, 1.54) is 20.1 Å². The summed E-state index contributed by atoms with van der Waals surface area (Å²) in [4.78, 5) is 41.7. The average Bonchev–Trinajstić information content (AvgIpc) is 3.45. The lowest BCUT2D eigenvalue weighted by Crippen LogP contribution is -2.30. The minimum Gasteiger partial charge on any atom is -0.492 e. The van der Waals surface area contributed by atoms with E-state index < -0.39 is 29.4 Å². The molecule has 0 spiro atoms. The van der Waals surface area contributed by atoms with E-state index >= 15 is 4.39 Å². The minimum atomic E-state index is -0.748. The molecular formula is C29H36FN3O6S. The van der Waals surface area contributed by atoms with E-state index in [2.05, 4.69) is 0 Å². The number of pyridine rings is 1. The smallest absolute Gasteiger partial charge is 0.314 e. The van der Waals surface area contributed by atoms with Gasteiger partial charge in [0.2, 0.25) is 12.2 Å². The van der Waals surface area contributed by atoms with Crippen LogP contribution in [0.2, 0.25) is 0 Å². The van der Waals surface area contributed by atoms with Crippen LogP contribution in [-0.2, 0) is 9.53 Å². The fourth-order valence-corrected chi connectivity index (χ4v) is 6.56. The van der Waals surface area contributed by atoms with Crippen LogP contribution < -0.4 is 25.5 Å². The van der Waals surface area contributed by atoms with E-state index in [1.807, 2.05) is 16.4 Å². The van der Waals surface area contributed by atoms with Crippen LogP contribution in [0.15, 0.2) is 10.9 Å². The zero-order chi connectivity index (χ0) is 29.1. The number of benzene rings is 1. The first-order valence-corrected chi connectivity index (χ1v) is 14.4. The molecule has 0 amide bonds. The summed E-state index contributed by atoms with van der Waals surface area (Å²) in [6, 6.07) is 1.29. The second-order valence-corrected chi connectivity index (χ2v) is 12.9. The van der Waals surface area contributed by atoms with Crippen LogP contribution in [0.1, 0.15) is 69.6 Å². The van der Waals surface area contributed by atoms with Crippen molar-refractivity contribution in [3.8, 4) is 11.5 Å². The Bertz CT molecular complexity index is 1570. The summed E-state index contributed by atoms with van der Waals surface area (Å²) in [5.41, 5.74) is 5.75. The minimum absolute atomic E-state index is 0.0269.